The molecule has 1 heteroatoms. The van der Waals surface area contributed by atoms with Crippen LogP contribution >= 0.6 is 0 Å². The molecule has 3 fully saturated rings. The standard InChI is InChI=1S/C16H28O/c1-10(12-7-16(12,5)9-17)11-6-15(4)8-13(15)14(11,2)3/h10-13,17H,6-9H2,1-5H3/t10?,11?,12?,13?,15?,16-/m1/s1. The summed E-state index contributed by atoms with van der Waals surface area (Å²) in [6.07, 6.45) is 4.15. The summed E-state index contributed by atoms with van der Waals surface area (Å²) in [6, 6.07) is 0. The van der Waals surface area contributed by atoms with Gasteiger partial charge in [-0.3, -0.25) is 0 Å². The van der Waals surface area contributed by atoms with Crippen molar-refractivity contribution >= 4 is 0 Å². The number of fused-ring (bicyclic) bond motifs is 1. The second-order valence-electron chi connectivity index (χ2n) is 8.52. The Morgan fingerprint density at radius 3 is 2.12 bits per heavy atom. The Bertz CT molecular complexity index is 347. The van der Waals surface area contributed by atoms with Crippen LogP contribution in [0.3, 0.4) is 0 Å². The number of rotatable bonds is 3. The smallest absolute Gasteiger partial charge is 0.0487 e. The highest BCUT2D eigenvalue weighted by molar-refractivity contribution is 5.17. The van der Waals surface area contributed by atoms with Gasteiger partial charge in [-0.2, -0.15) is 0 Å². The lowest BCUT2D eigenvalue weighted by molar-refractivity contribution is 0.115. The normalized spacial score (nSPS) is 56.5. The first kappa shape index (κ1) is 12.0. The summed E-state index contributed by atoms with van der Waals surface area (Å²) in [6.45, 7) is 12.6. The summed E-state index contributed by atoms with van der Waals surface area (Å²) < 4.78 is 0. The van der Waals surface area contributed by atoms with E-state index in [1.165, 1.54) is 19.3 Å². The highest BCUT2D eigenvalue weighted by Crippen LogP contribution is 2.75. The van der Waals surface area contributed by atoms with E-state index in [0.29, 0.717) is 17.4 Å². The largest absolute Gasteiger partial charge is 0.396 e. The molecule has 0 aromatic rings. The molecule has 3 saturated carbocycles. The molecule has 0 saturated heterocycles. The van der Waals surface area contributed by atoms with Crippen molar-refractivity contribution in [1.29, 1.82) is 0 Å². The first-order chi connectivity index (χ1) is 7.74. The van der Waals surface area contributed by atoms with Crippen LogP contribution < -0.4 is 0 Å². The molecule has 17 heavy (non-hydrogen) atoms. The van der Waals surface area contributed by atoms with Crippen LogP contribution in [0.2, 0.25) is 0 Å². The Kier molecular flexibility index (Phi) is 2.19. The molecule has 0 amide bonds. The van der Waals surface area contributed by atoms with E-state index in [1.54, 1.807) is 0 Å². The second kappa shape index (κ2) is 3.10. The maximum absolute atomic E-state index is 9.47. The zero-order chi connectivity index (χ0) is 12.6. The second-order valence-corrected chi connectivity index (χ2v) is 8.52. The van der Waals surface area contributed by atoms with Crippen molar-refractivity contribution in [2.75, 3.05) is 6.61 Å². The zero-order valence-corrected chi connectivity index (χ0v) is 12.1. The van der Waals surface area contributed by atoms with Gasteiger partial charge >= 0.3 is 0 Å². The van der Waals surface area contributed by atoms with E-state index in [0.717, 1.165) is 23.7 Å². The van der Waals surface area contributed by atoms with Gasteiger partial charge in [-0.15, -0.1) is 0 Å². The van der Waals surface area contributed by atoms with Crippen molar-refractivity contribution in [3.8, 4) is 0 Å². The summed E-state index contributed by atoms with van der Waals surface area (Å²) in [7, 11) is 0. The molecule has 0 bridgehead atoms. The number of hydrogen-bond acceptors (Lipinski definition) is 1. The number of aliphatic hydroxyl groups is 1. The van der Waals surface area contributed by atoms with Crippen LogP contribution in [0.5, 0.6) is 0 Å². The minimum Gasteiger partial charge on any atom is -0.396 e. The molecule has 5 unspecified atom stereocenters. The molecule has 98 valence electrons. The minimum absolute atomic E-state index is 0.253. The third-order valence-corrected chi connectivity index (χ3v) is 6.94. The minimum atomic E-state index is 0.253. The predicted molar refractivity (Wildman–Crippen MR) is 70.6 cm³/mol. The van der Waals surface area contributed by atoms with Gasteiger partial charge in [0, 0.05) is 6.61 Å². The summed E-state index contributed by atoms with van der Waals surface area (Å²) in [5.74, 6) is 3.43. The van der Waals surface area contributed by atoms with Crippen LogP contribution in [-0.4, -0.2) is 11.7 Å². The Hall–Kier alpha value is -0.0400. The molecule has 1 nitrogen and oxygen atoms in total. The summed E-state index contributed by atoms with van der Waals surface area (Å²) >= 11 is 0. The van der Waals surface area contributed by atoms with Gasteiger partial charge in [0.2, 0.25) is 0 Å². The molecule has 1 N–H and O–H groups in total. The lowest BCUT2D eigenvalue weighted by atomic mass is 9.69. The average Bonchev–Trinajstić information content (AvgIpc) is 3.10. The van der Waals surface area contributed by atoms with E-state index in [4.69, 9.17) is 0 Å². The van der Waals surface area contributed by atoms with Crippen LogP contribution in [0.1, 0.15) is 53.9 Å². The zero-order valence-electron chi connectivity index (χ0n) is 12.1. The Morgan fingerprint density at radius 2 is 1.71 bits per heavy atom. The van der Waals surface area contributed by atoms with Crippen molar-refractivity contribution in [2.24, 2.45) is 39.9 Å². The molecule has 6 atom stereocenters. The fraction of sp³-hybridized carbons (Fsp3) is 1.00. The maximum atomic E-state index is 9.47. The van der Waals surface area contributed by atoms with Gasteiger partial charge in [0.15, 0.2) is 0 Å². The van der Waals surface area contributed by atoms with Crippen LogP contribution in [0.25, 0.3) is 0 Å². The van der Waals surface area contributed by atoms with Gasteiger partial charge in [0.05, 0.1) is 0 Å². The third kappa shape index (κ3) is 1.47. The highest BCUT2D eigenvalue weighted by Gasteiger charge is 2.68. The molecule has 3 aliphatic rings. The van der Waals surface area contributed by atoms with Gasteiger partial charge in [0.25, 0.3) is 0 Å². The molecule has 3 rings (SSSR count). The van der Waals surface area contributed by atoms with Crippen molar-refractivity contribution in [3.63, 3.8) is 0 Å². The molecule has 0 aromatic carbocycles. The van der Waals surface area contributed by atoms with E-state index in [1.807, 2.05) is 0 Å². The van der Waals surface area contributed by atoms with Crippen molar-refractivity contribution in [3.05, 3.63) is 0 Å². The predicted octanol–water partition coefficient (Wildman–Crippen LogP) is 3.71. The molecule has 0 aliphatic heterocycles. The number of hydrogen-bond donors (Lipinski definition) is 1. The van der Waals surface area contributed by atoms with Gasteiger partial charge in [-0.05, 0) is 59.2 Å². The molecule has 0 heterocycles. The lowest BCUT2D eigenvalue weighted by Crippen LogP contribution is -2.30. The molecular formula is C16H28O. The van der Waals surface area contributed by atoms with Crippen LogP contribution in [0.4, 0.5) is 0 Å². The first-order valence-electron chi connectivity index (χ1n) is 7.35. The molecule has 3 aliphatic carbocycles. The van der Waals surface area contributed by atoms with E-state index >= 15 is 0 Å². The van der Waals surface area contributed by atoms with Gasteiger partial charge in [0.1, 0.15) is 0 Å². The van der Waals surface area contributed by atoms with Crippen molar-refractivity contribution in [2.45, 2.75) is 53.9 Å². The molecule has 0 radical (unpaired) electrons. The highest BCUT2D eigenvalue weighted by atomic mass is 16.3. The maximum Gasteiger partial charge on any atom is 0.0487 e. The average molecular weight is 236 g/mol. The summed E-state index contributed by atoms with van der Waals surface area (Å²) in [4.78, 5) is 0. The fourth-order valence-electron chi connectivity index (χ4n) is 5.41. The summed E-state index contributed by atoms with van der Waals surface area (Å²) in [5, 5.41) is 9.47. The van der Waals surface area contributed by atoms with Gasteiger partial charge < -0.3 is 5.11 Å². The fourth-order valence-corrected chi connectivity index (χ4v) is 5.41. The quantitative estimate of drug-likeness (QED) is 0.792. The van der Waals surface area contributed by atoms with E-state index in [-0.39, 0.29) is 5.41 Å². The van der Waals surface area contributed by atoms with Crippen molar-refractivity contribution < 1.29 is 5.11 Å². The monoisotopic (exact) mass is 236 g/mol. The first-order valence-corrected chi connectivity index (χ1v) is 7.35. The number of aliphatic hydroxyl groups excluding tert-OH is 1. The van der Waals surface area contributed by atoms with Crippen LogP contribution in [0.15, 0.2) is 0 Å². The summed E-state index contributed by atoms with van der Waals surface area (Å²) in [5.41, 5.74) is 1.46. The Morgan fingerprint density at radius 1 is 1.06 bits per heavy atom. The molecule has 0 spiro atoms. The van der Waals surface area contributed by atoms with Gasteiger partial charge in [-0.1, -0.05) is 34.6 Å². The molecule has 0 aromatic heterocycles. The van der Waals surface area contributed by atoms with Crippen molar-refractivity contribution in [1.82, 2.24) is 0 Å². The topological polar surface area (TPSA) is 20.2 Å². The molecular weight excluding hydrogens is 208 g/mol. The Balaban J connectivity index is 1.74. The van der Waals surface area contributed by atoms with E-state index in [2.05, 4.69) is 34.6 Å². The van der Waals surface area contributed by atoms with Gasteiger partial charge in [-0.25, -0.2) is 0 Å². The Labute approximate surface area is 106 Å². The third-order valence-electron chi connectivity index (χ3n) is 6.94. The lowest BCUT2D eigenvalue weighted by Gasteiger charge is -2.36. The van der Waals surface area contributed by atoms with Crippen LogP contribution in [0, 0.1) is 39.9 Å². The SMILES string of the molecule is CC(C1CC2(C)CC2C1(C)C)C1C[C@]1(C)CO. The van der Waals surface area contributed by atoms with Crippen LogP contribution in [-0.2, 0) is 0 Å². The van der Waals surface area contributed by atoms with E-state index in [9.17, 15) is 5.11 Å². The van der Waals surface area contributed by atoms with E-state index < -0.39 is 0 Å².